The third-order valence-electron chi connectivity index (χ3n) is 3.04. The van der Waals surface area contributed by atoms with E-state index in [4.69, 9.17) is 14.6 Å². The molecule has 0 aliphatic carbocycles. The van der Waals surface area contributed by atoms with E-state index in [0.29, 0.717) is 30.1 Å². The van der Waals surface area contributed by atoms with Crippen LogP contribution in [0.1, 0.15) is 48.5 Å². The van der Waals surface area contributed by atoms with Gasteiger partial charge in [-0.15, -0.1) is 0 Å². The molecule has 5 heteroatoms. The molecule has 5 nitrogen and oxygen atoms in total. The number of aromatic carboxylic acids is 1. The van der Waals surface area contributed by atoms with Gasteiger partial charge in [-0.2, -0.15) is 0 Å². The molecule has 1 N–H and O–H groups in total. The fourth-order valence-electron chi connectivity index (χ4n) is 1.93. The molecule has 0 heterocycles. The van der Waals surface area contributed by atoms with E-state index in [-0.39, 0.29) is 5.97 Å². The van der Waals surface area contributed by atoms with Gasteiger partial charge in [-0.1, -0.05) is 0 Å². The minimum absolute atomic E-state index is 0.237. The first-order chi connectivity index (χ1) is 10.0. The van der Waals surface area contributed by atoms with Crippen LogP contribution < -0.4 is 4.74 Å². The van der Waals surface area contributed by atoms with Gasteiger partial charge in [0.1, 0.15) is 5.75 Å². The van der Waals surface area contributed by atoms with Crippen molar-refractivity contribution in [2.24, 2.45) is 0 Å². The van der Waals surface area contributed by atoms with Crippen molar-refractivity contribution in [2.75, 3.05) is 13.2 Å². The smallest absolute Gasteiger partial charge is 0.335 e. The van der Waals surface area contributed by atoms with Gasteiger partial charge in [0.2, 0.25) is 0 Å². The van der Waals surface area contributed by atoms with Crippen molar-refractivity contribution in [3.63, 3.8) is 0 Å². The van der Waals surface area contributed by atoms with Crippen LogP contribution in [0.3, 0.4) is 0 Å². The van der Waals surface area contributed by atoms with Crippen molar-refractivity contribution in [1.82, 2.24) is 0 Å². The van der Waals surface area contributed by atoms with Crippen LogP contribution in [0, 0.1) is 6.92 Å². The molecule has 0 amide bonds. The highest BCUT2D eigenvalue weighted by Crippen LogP contribution is 2.17. The first-order valence-electron chi connectivity index (χ1n) is 7.11. The third-order valence-corrected chi connectivity index (χ3v) is 3.04. The second kappa shape index (κ2) is 9.00. The molecule has 0 saturated heterocycles. The van der Waals surface area contributed by atoms with E-state index >= 15 is 0 Å². The van der Waals surface area contributed by atoms with Crippen molar-refractivity contribution >= 4 is 11.9 Å². The number of carboxylic acids is 1. The van der Waals surface area contributed by atoms with E-state index < -0.39 is 5.97 Å². The Morgan fingerprint density at radius 3 is 2.33 bits per heavy atom. The lowest BCUT2D eigenvalue weighted by atomic mass is 10.1. The van der Waals surface area contributed by atoms with Gasteiger partial charge in [-0.05, 0) is 56.4 Å². The van der Waals surface area contributed by atoms with Gasteiger partial charge in [0.25, 0.3) is 0 Å². The first-order valence-corrected chi connectivity index (χ1v) is 7.11. The second-order valence-corrected chi connectivity index (χ2v) is 4.88. The fourth-order valence-corrected chi connectivity index (χ4v) is 1.93. The first kappa shape index (κ1) is 17.0. The quantitative estimate of drug-likeness (QED) is 0.559. The predicted molar refractivity (Wildman–Crippen MR) is 78.7 cm³/mol. The molecule has 0 aliphatic rings. The Bertz CT molecular complexity index is 482. The number of hydrogen-bond donors (Lipinski definition) is 1. The topological polar surface area (TPSA) is 72.8 Å². The molecule has 1 rings (SSSR count). The molecule has 0 spiro atoms. The van der Waals surface area contributed by atoms with Gasteiger partial charge in [-0.25, -0.2) is 4.79 Å². The van der Waals surface area contributed by atoms with Gasteiger partial charge in [0.15, 0.2) is 0 Å². The number of unbranched alkanes of at least 4 members (excludes halogenated alkanes) is 3. The van der Waals surface area contributed by atoms with Crippen molar-refractivity contribution in [1.29, 1.82) is 0 Å². The van der Waals surface area contributed by atoms with Crippen LogP contribution in [0.15, 0.2) is 18.2 Å². The van der Waals surface area contributed by atoms with Crippen molar-refractivity contribution < 1.29 is 24.2 Å². The van der Waals surface area contributed by atoms with Crippen LogP contribution in [0.4, 0.5) is 0 Å². The molecule has 0 aliphatic heterocycles. The zero-order valence-corrected chi connectivity index (χ0v) is 12.6. The molecule has 1 aromatic rings. The number of ether oxygens (including phenoxy) is 2. The highest BCUT2D eigenvalue weighted by Gasteiger charge is 2.07. The Morgan fingerprint density at radius 2 is 1.76 bits per heavy atom. The molecule has 21 heavy (non-hydrogen) atoms. The number of carbonyl (C=O) groups is 2. The Morgan fingerprint density at radius 1 is 1.10 bits per heavy atom. The van der Waals surface area contributed by atoms with Crippen LogP contribution >= 0.6 is 0 Å². The largest absolute Gasteiger partial charge is 0.494 e. The lowest BCUT2D eigenvalue weighted by Crippen LogP contribution is -2.02. The van der Waals surface area contributed by atoms with Crippen LogP contribution in [0.2, 0.25) is 0 Å². The Hall–Kier alpha value is -2.04. The third kappa shape index (κ3) is 6.79. The summed E-state index contributed by atoms with van der Waals surface area (Å²) in [7, 11) is 0. The summed E-state index contributed by atoms with van der Waals surface area (Å²) in [5.74, 6) is -0.470. The average Bonchev–Trinajstić information content (AvgIpc) is 2.41. The monoisotopic (exact) mass is 294 g/mol. The molecule has 0 radical (unpaired) electrons. The van der Waals surface area contributed by atoms with E-state index in [2.05, 4.69) is 0 Å². The SMILES string of the molecule is CC(=O)OCCCCCCOc1ccc(C(=O)O)c(C)c1. The van der Waals surface area contributed by atoms with E-state index in [1.807, 2.05) is 0 Å². The fraction of sp³-hybridized carbons (Fsp3) is 0.500. The average molecular weight is 294 g/mol. The number of carboxylic acid groups (broad SMARTS) is 1. The predicted octanol–water partition coefficient (Wildman–Crippen LogP) is 3.20. The van der Waals surface area contributed by atoms with Crippen LogP contribution in [0.5, 0.6) is 5.75 Å². The van der Waals surface area contributed by atoms with Gasteiger partial charge in [0.05, 0.1) is 18.8 Å². The highest BCUT2D eigenvalue weighted by atomic mass is 16.5. The molecule has 1 aromatic carbocycles. The molecule has 0 atom stereocenters. The maximum Gasteiger partial charge on any atom is 0.335 e. The van der Waals surface area contributed by atoms with Crippen LogP contribution in [-0.4, -0.2) is 30.3 Å². The summed E-state index contributed by atoms with van der Waals surface area (Å²) in [5, 5.41) is 8.94. The zero-order chi connectivity index (χ0) is 15.7. The van der Waals surface area contributed by atoms with Crippen LogP contribution in [-0.2, 0) is 9.53 Å². The summed E-state index contributed by atoms with van der Waals surface area (Å²) in [5.41, 5.74) is 0.995. The lowest BCUT2D eigenvalue weighted by Gasteiger charge is -2.08. The van der Waals surface area contributed by atoms with E-state index in [9.17, 15) is 9.59 Å². The molecule has 0 bridgehead atoms. The van der Waals surface area contributed by atoms with Crippen molar-refractivity contribution in [2.45, 2.75) is 39.5 Å². The number of aryl methyl sites for hydroxylation is 1. The lowest BCUT2D eigenvalue weighted by molar-refractivity contribution is -0.141. The van der Waals surface area contributed by atoms with Crippen LogP contribution in [0.25, 0.3) is 0 Å². The number of rotatable bonds is 9. The number of carbonyl (C=O) groups excluding carboxylic acids is 1. The Labute approximate surface area is 124 Å². The molecule has 116 valence electrons. The van der Waals surface area contributed by atoms with Crippen molar-refractivity contribution in [3.8, 4) is 5.75 Å². The summed E-state index contributed by atoms with van der Waals surface area (Å²) in [6.45, 7) is 4.24. The van der Waals surface area contributed by atoms with Gasteiger partial charge in [0, 0.05) is 6.92 Å². The van der Waals surface area contributed by atoms with Crippen molar-refractivity contribution in [3.05, 3.63) is 29.3 Å². The zero-order valence-electron chi connectivity index (χ0n) is 12.6. The maximum absolute atomic E-state index is 10.9. The standard InChI is InChI=1S/C16H22O5/c1-12-11-14(7-8-15(12)16(18)19)21-10-6-4-3-5-9-20-13(2)17/h7-8,11H,3-6,9-10H2,1-2H3,(H,18,19). The van der Waals surface area contributed by atoms with E-state index in [1.165, 1.54) is 6.92 Å². The maximum atomic E-state index is 10.9. The van der Waals surface area contributed by atoms with Gasteiger partial charge in [-0.3, -0.25) is 4.79 Å². The molecular weight excluding hydrogens is 272 g/mol. The molecule has 0 unspecified atom stereocenters. The number of hydrogen-bond acceptors (Lipinski definition) is 4. The highest BCUT2D eigenvalue weighted by molar-refractivity contribution is 5.89. The minimum Gasteiger partial charge on any atom is -0.494 e. The molecule has 0 aromatic heterocycles. The summed E-state index contributed by atoms with van der Waals surface area (Å²) < 4.78 is 10.4. The summed E-state index contributed by atoms with van der Waals surface area (Å²) in [6, 6.07) is 4.98. The van der Waals surface area contributed by atoms with Gasteiger partial charge >= 0.3 is 11.9 Å². The number of benzene rings is 1. The Balaban J connectivity index is 2.17. The molecular formula is C16H22O5. The Kier molecular flexibility index (Phi) is 7.29. The normalized spacial score (nSPS) is 10.2. The number of esters is 1. The summed E-state index contributed by atoms with van der Waals surface area (Å²) in [4.78, 5) is 21.4. The minimum atomic E-state index is -0.924. The summed E-state index contributed by atoms with van der Waals surface area (Å²) in [6.07, 6.45) is 3.78. The van der Waals surface area contributed by atoms with E-state index in [0.717, 1.165) is 25.7 Å². The molecule has 0 fully saturated rings. The second-order valence-electron chi connectivity index (χ2n) is 4.88. The van der Waals surface area contributed by atoms with Gasteiger partial charge < -0.3 is 14.6 Å². The summed E-state index contributed by atoms with van der Waals surface area (Å²) >= 11 is 0. The van der Waals surface area contributed by atoms with E-state index in [1.54, 1.807) is 25.1 Å². The molecule has 0 saturated carbocycles.